The molecular formula is C17H17N3O2. The van der Waals surface area contributed by atoms with Gasteiger partial charge in [0.25, 0.3) is 0 Å². The van der Waals surface area contributed by atoms with Gasteiger partial charge in [-0.2, -0.15) is 0 Å². The molecule has 1 aromatic carbocycles. The molecule has 22 heavy (non-hydrogen) atoms. The largest absolute Gasteiger partial charge is 0.349 e. The van der Waals surface area contributed by atoms with Crippen LogP contribution >= 0.6 is 0 Å². The summed E-state index contributed by atoms with van der Waals surface area (Å²) in [6.07, 6.45) is 4.76. The third kappa shape index (κ3) is 5.58. The van der Waals surface area contributed by atoms with E-state index in [1.54, 1.807) is 12.3 Å². The van der Waals surface area contributed by atoms with Crippen LogP contribution in [0.2, 0.25) is 0 Å². The Balaban J connectivity index is 1.69. The maximum Gasteiger partial charge on any atom is 0.244 e. The number of amides is 2. The van der Waals surface area contributed by atoms with Gasteiger partial charge in [-0.1, -0.05) is 36.4 Å². The summed E-state index contributed by atoms with van der Waals surface area (Å²) in [6, 6.07) is 15.0. The first-order chi connectivity index (χ1) is 10.7. The highest BCUT2D eigenvalue weighted by atomic mass is 16.2. The summed E-state index contributed by atoms with van der Waals surface area (Å²) in [6.45, 7) is 0.278. The van der Waals surface area contributed by atoms with E-state index >= 15 is 0 Å². The molecule has 0 aliphatic heterocycles. The Morgan fingerprint density at radius 3 is 2.50 bits per heavy atom. The fourth-order valence-corrected chi connectivity index (χ4v) is 1.72. The van der Waals surface area contributed by atoms with Gasteiger partial charge in [0.05, 0.1) is 18.8 Å². The minimum absolute atomic E-state index is 0.0647. The lowest BCUT2D eigenvalue weighted by Crippen LogP contribution is -2.36. The first-order valence-corrected chi connectivity index (χ1v) is 6.91. The molecule has 0 aliphatic carbocycles. The number of pyridine rings is 1. The number of benzene rings is 1. The van der Waals surface area contributed by atoms with Gasteiger partial charge < -0.3 is 10.6 Å². The smallest absolute Gasteiger partial charge is 0.244 e. The van der Waals surface area contributed by atoms with Crippen molar-refractivity contribution in [3.8, 4) is 0 Å². The highest BCUT2D eigenvalue weighted by Gasteiger charge is 2.03. The van der Waals surface area contributed by atoms with Gasteiger partial charge in [-0.25, -0.2) is 0 Å². The van der Waals surface area contributed by atoms with Gasteiger partial charge in [-0.15, -0.1) is 0 Å². The molecule has 2 rings (SSSR count). The molecule has 0 radical (unpaired) electrons. The number of rotatable bonds is 6. The van der Waals surface area contributed by atoms with E-state index in [2.05, 4.69) is 15.6 Å². The van der Waals surface area contributed by atoms with E-state index in [4.69, 9.17) is 0 Å². The van der Waals surface area contributed by atoms with Crippen molar-refractivity contribution in [3.63, 3.8) is 0 Å². The van der Waals surface area contributed by atoms with E-state index in [0.29, 0.717) is 6.54 Å². The average molecular weight is 295 g/mol. The SMILES string of the molecule is O=C(/C=C/c1ccccc1)NCC(=O)NCc1ccccn1. The van der Waals surface area contributed by atoms with Crippen LogP contribution in [0, 0.1) is 0 Å². The highest BCUT2D eigenvalue weighted by Crippen LogP contribution is 2.00. The zero-order valence-electron chi connectivity index (χ0n) is 12.0. The summed E-state index contributed by atoms with van der Waals surface area (Å²) in [5.74, 6) is -0.566. The van der Waals surface area contributed by atoms with Crippen LogP contribution in [0.5, 0.6) is 0 Å². The number of nitrogens with one attached hydrogen (secondary N) is 2. The maximum absolute atomic E-state index is 11.6. The van der Waals surface area contributed by atoms with Crippen molar-refractivity contribution in [2.75, 3.05) is 6.54 Å². The molecule has 2 aromatic rings. The first-order valence-electron chi connectivity index (χ1n) is 6.91. The van der Waals surface area contributed by atoms with Crippen LogP contribution in [-0.4, -0.2) is 23.3 Å². The lowest BCUT2D eigenvalue weighted by Gasteiger charge is -2.05. The van der Waals surface area contributed by atoms with E-state index in [0.717, 1.165) is 11.3 Å². The Morgan fingerprint density at radius 2 is 1.77 bits per heavy atom. The summed E-state index contributed by atoms with van der Waals surface area (Å²) >= 11 is 0. The molecule has 0 atom stereocenters. The van der Waals surface area contributed by atoms with Gasteiger partial charge in [0.1, 0.15) is 0 Å². The topological polar surface area (TPSA) is 71.1 Å². The second kappa shape index (κ2) is 8.36. The second-order valence-corrected chi connectivity index (χ2v) is 4.56. The van der Waals surface area contributed by atoms with Gasteiger partial charge in [0.2, 0.25) is 11.8 Å². The van der Waals surface area contributed by atoms with Crippen LogP contribution in [-0.2, 0) is 16.1 Å². The number of aromatic nitrogens is 1. The van der Waals surface area contributed by atoms with Gasteiger partial charge >= 0.3 is 0 Å². The van der Waals surface area contributed by atoms with Crippen LogP contribution < -0.4 is 10.6 Å². The van der Waals surface area contributed by atoms with Crippen LogP contribution in [0.3, 0.4) is 0 Å². The molecular weight excluding hydrogens is 278 g/mol. The minimum Gasteiger partial charge on any atom is -0.349 e. The van der Waals surface area contributed by atoms with Crippen molar-refractivity contribution in [2.24, 2.45) is 0 Å². The van der Waals surface area contributed by atoms with E-state index in [9.17, 15) is 9.59 Å². The Kier molecular flexibility index (Phi) is 5.87. The number of hydrogen-bond donors (Lipinski definition) is 2. The van der Waals surface area contributed by atoms with E-state index in [1.165, 1.54) is 6.08 Å². The van der Waals surface area contributed by atoms with Gasteiger partial charge in [0.15, 0.2) is 0 Å². The highest BCUT2D eigenvalue weighted by molar-refractivity contribution is 5.94. The Bertz CT molecular complexity index is 639. The fourth-order valence-electron chi connectivity index (χ4n) is 1.72. The van der Waals surface area contributed by atoms with Crippen LogP contribution in [0.1, 0.15) is 11.3 Å². The molecule has 2 amide bonds. The predicted octanol–water partition coefficient (Wildman–Crippen LogP) is 1.53. The Morgan fingerprint density at radius 1 is 1.00 bits per heavy atom. The molecule has 2 N–H and O–H groups in total. The normalized spacial score (nSPS) is 10.4. The molecule has 5 nitrogen and oxygen atoms in total. The molecule has 0 bridgehead atoms. The lowest BCUT2D eigenvalue weighted by atomic mass is 10.2. The van der Waals surface area contributed by atoms with E-state index in [1.807, 2.05) is 48.5 Å². The van der Waals surface area contributed by atoms with Crippen molar-refractivity contribution >= 4 is 17.9 Å². The van der Waals surface area contributed by atoms with Crippen molar-refractivity contribution < 1.29 is 9.59 Å². The van der Waals surface area contributed by atoms with E-state index < -0.39 is 0 Å². The van der Waals surface area contributed by atoms with Crippen molar-refractivity contribution in [1.82, 2.24) is 15.6 Å². The number of nitrogens with zero attached hydrogens (tertiary/aromatic N) is 1. The summed E-state index contributed by atoms with van der Waals surface area (Å²) < 4.78 is 0. The predicted molar refractivity (Wildman–Crippen MR) is 84.6 cm³/mol. The van der Waals surface area contributed by atoms with Crippen LogP contribution in [0.4, 0.5) is 0 Å². The minimum atomic E-state index is -0.308. The van der Waals surface area contributed by atoms with Gasteiger partial charge in [-0.05, 0) is 23.8 Å². The zero-order chi connectivity index (χ0) is 15.6. The van der Waals surface area contributed by atoms with Crippen molar-refractivity contribution in [1.29, 1.82) is 0 Å². The summed E-state index contributed by atoms with van der Waals surface area (Å²) in [4.78, 5) is 27.3. The monoisotopic (exact) mass is 295 g/mol. The van der Waals surface area contributed by atoms with Crippen LogP contribution in [0.15, 0.2) is 60.8 Å². The summed E-state index contributed by atoms with van der Waals surface area (Å²) in [5.41, 5.74) is 1.70. The third-order valence-electron chi connectivity index (χ3n) is 2.84. The second-order valence-electron chi connectivity index (χ2n) is 4.56. The van der Waals surface area contributed by atoms with Crippen LogP contribution in [0.25, 0.3) is 6.08 Å². The quantitative estimate of drug-likeness (QED) is 0.794. The molecule has 112 valence electrons. The number of carbonyl (C=O) groups excluding carboxylic acids is 2. The molecule has 1 heterocycles. The summed E-state index contributed by atoms with van der Waals surface area (Å²) in [5, 5.41) is 5.22. The third-order valence-corrected chi connectivity index (χ3v) is 2.84. The molecule has 0 spiro atoms. The molecule has 1 aromatic heterocycles. The molecule has 0 aliphatic rings. The van der Waals surface area contributed by atoms with Crippen molar-refractivity contribution in [2.45, 2.75) is 6.54 Å². The zero-order valence-corrected chi connectivity index (χ0v) is 12.0. The molecule has 0 fully saturated rings. The van der Waals surface area contributed by atoms with Gasteiger partial charge in [0, 0.05) is 12.3 Å². The molecule has 0 unspecified atom stereocenters. The number of hydrogen-bond acceptors (Lipinski definition) is 3. The summed E-state index contributed by atoms with van der Waals surface area (Å²) in [7, 11) is 0. The Hall–Kier alpha value is -2.95. The van der Waals surface area contributed by atoms with E-state index in [-0.39, 0.29) is 18.4 Å². The Labute approximate surface area is 129 Å². The maximum atomic E-state index is 11.6. The molecule has 0 saturated heterocycles. The van der Waals surface area contributed by atoms with Crippen molar-refractivity contribution in [3.05, 3.63) is 72.1 Å². The molecule has 0 saturated carbocycles. The van der Waals surface area contributed by atoms with Gasteiger partial charge in [-0.3, -0.25) is 14.6 Å². The fraction of sp³-hybridized carbons (Fsp3) is 0.118. The number of carbonyl (C=O) groups is 2. The standard InChI is InChI=1S/C17H17N3O2/c21-16(10-9-14-6-2-1-3-7-14)20-13-17(22)19-12-15-8-4-5-11-18-15/h1-11H,12-13H2,(H,19,22)(H,20,21)/b10-9+. The molecule has 5 heteroatoms. The average Bonchev–Trinajstić information content (AvgIpc) is 2.58. The first kappa shape index (κ1) is 15.4. The lowest BCUT2D eigenvalue weighted by molar-refractivity contribution is -0.124.